The third-order valence-electron chi connectivity index (χ3n) is 5.14. The molecule has 1 aromatic carbocycles. The molecular weight excluding hydrogens is 530 g/mol. The second-order valence-corrected chi connectivity index (χ2v) is 7.81. The first-order chi connectivity index (χ1) is 19.4. The predicted octanol–water partition coefficient (Wildman–Crippen LogP) is 3.93. The number of azide groups is 4. The molecule has 1 aliphatic heterocycles. The van der Waals surface area contributed by atoms with E-state index in [0.717, 1.165) is 0 Å². The molecular formula is C19H23N17O4. The number of nitrogens with one attached hydrogen (secondary N) is 2. The lowest BCUT2D eigenvalue weighted by molar-refractivity contribution is -0.116. The van der Waals surface area contributed by atoms with Crippen molar-refractivity contribution in [2.45, 2.75) is 18.2 Å². The highest BCUT2D eigenvalue weighted by Crippen LogP contribution is 2.31. The van der Waals surface area contributed by atoms with Gasteiger partial charge >= 0.3 is 0 Å². The first kappa shape index (κ1) is 30.4. The smallest absolute Gasteiger partial charge is 0.292 e. The Kier molecular flexibility index (Phi) is 12.2. The Hall–Kier alpha value is -5.86. The van der Waals surface area contributed by atoms with Crippen LogP contribution in [0.3, 0.4) is 0 Å². The minimum atomic E-state index is -1.47. The zero-order valence-electron chi connectivity index (χ0n) is 20.8. The zero-order valence-corrected chi connectivity index (χ0v) is 20.8. The number of nitrogen functional groups attached to an aromatic ring is 1. The van der Waals surface area contributed by atoms with Gasteiger partial charge in [0.15, 0.2) is 6.23 Å². The van der Waals surface area contributed by atoms with Crippen LogP contribution in [-0.4, -0.2) is 63.2 Å². The molecule has 0 bridgehead atoms. The van der Waals surface area contributed by atoms with E-state index in [2.05, 4.69) is 60.9 Å². The number of benzene rings is 1. The summed E-state index contributed by atoms with van der Waals surface area (Å²) in [5.74, 6) is -0.564. The molecule has 1 heterocycles. The number of nitrogens with two attached hydrogens (primary N) is 1. The average Bonchev–Trinajstić information content (AvgIpc) is 3.44. The van der Waals surface area contributed by atoms with Gasteiger partial charge in [-0.05, 0) is 34.6 Å². The van der Waals surface area contributed by atoms with E-state index in [9.17, 15) is 9.70 Å². The van der Waals surface area contributed by atoms with Gasteiger partial charge in [0.1, 0.15) is 11.3 Å². The van der Waals surface area contributed by atoms with Crippen molar-refractivity contribution in [3.05, 3.63) is 76.3 Å². The first-order valence-electron chi connectivity index (χ1n) is 11.3. The van der Waals surface area contributed by atoms with Crippen molar-refractivity contribution in [3.63, 3.8) is 0 Å². The third kappa shape index (κ3) is 9.22. The Labute approximate surface area is 224 Å². The summed E-state index contributed by atoms with van der Waals surface area (Å²) in [4.78, 5) is 39.0. The molecule has 21 heteroatoms. The van der Waals surface area contributed by atoms with E-state index in [1.807, 2.05) is 0 Å². The first-order valence-corrected chi connectivity index (χ1v) is 11.3. The van der Waals surface area contributed by atoms with Crippen molar-refractivity contribution in [1.82, 2.24) is 5.32 Å². The Bertz CT molecular complexity index is 1310. The van der Waals surface area contributed by atoms with Crippen molar-refractivity contribution in [2.75, 3.05) is 50.4 Å². The van der Waals surface area contributed by atoms with Crippen molar-refractivity contribution in [2.24, 2.45) is 30.6 Å². The number of carbonyl (C=O) groups is 1. The predicted molar refractivity (Wildman–Crippen MR) is 143 cm³/mol. The van der Waals surface area contributed by atoms with Crippen LogP contribution in [0.5, 0.6) is 5.75 Å². The van der Waals surface area contributed by atoms with Crippen molar-refractivity contribution < 1.29 is 14.3 Å². The number of nitrogens with zero attached hydrogens (tertiary/aromatic N) is 14. The summed E-state index contributed by atoms with van der Waals surface area (Å²) in [7, 11) is 0. The van der Waals surface area contributed by atoms with Crippen LogP contribution in [0.2, 0.25) is 0 Å². The molecule has 1 unspecified atom stereocenters. The number of anilines is 2. The number of hydrogen-bond donors (Lipinski definition) is 3. The molecule has 1 atom stereocenters. The standard InChI is InChI=1S/C19H23N17O4/c20-13-6-15(39-4-3-27-33-21)14(31-18(37)16-8-26-17(40-16)9-28-34-22)5-12(13)7-25-2-1-19(32-38,10-29-35-23)11-30-36-24/h5-8,17,26H,1-4,9-11,20H2,(H,31,37). The fourth-order valence-electron chi connectivity index (χ4n) is 3.15. The third-order valence-corrected chi connectivity index (χ3v) is 5.14. The molecule has 0 spiro atoms. The van der Waals surface area contributed by atoms with Crippen LogP contribution in [0, 0.1) is 4.91 Å². The summed E-state index contributed by atoms with van der Waals surface area (Å²) in [5, 5.41) is 21.9. The molecule has 0 saturated carbocycles. The lowest BCUT2D eigenvalue weighted by Gasteiger charge is -2.20. The second kappa shape index (κ2) is 16.1. The summed E-state index contributed by atoms with van der Waals surface area (Å²) < 4.78 is 11.0. The van der Waals surface area contributed by atoms with Gasteiger partial charge in [-0.15, -0.1) is 0 Å². The van der Waals surface area contributed by atoms with Crippen LogP contribution in [0.15, 0.2) is 54.7 Å². The molecule has 4 N–H and O–H groups in total. The average molecular weight is 554 g/mol. The van der Waals surface area contributed by atoms with Gasteiger partial charge in [-0.1, -0.05) is 25.6 Å². The molecule has 1 amide bonds. The van der Waals surface area contributed by atoms with E-state index in [0.29, 0.717) is 5.56 Å². The molecule has 2 rings (SSSR count). The molecule has 21 nitrogen and oxygen atoms in total. The molecule has 0 aliphatic carbocycles. The van der Waals surface area contributed by atoms with Gasteiger partial charge in [-0.25, -0.2) is 0 Å². The zero-order chi connectivity index (χ0) is 29.2. The van der Waals surface area contributed by atoms with E-state index < -0.39 is 17.7 Å². The second-order valence-electron chi connectivity index (χ2n) is 7.81. The summed E-state index contributed by atoms with van der Waals surface area (Å²) >= 11 is 0. The van der Waals surface area contributed by atoms with E-state index in [4.69, 9.17) is 37.3 Å². The molecule has 208 valence electrons. The maximum Gasteiger partial charge on any atom is 0.292 e. The van der Waals surface area contributed by atoms with Gasteiger partial charge in [0, 0.05) is 55.9 Å². The van der Waals surface area contributed by atoms with Crippen molar-refractivity contribution in [3.8, 4) is 5.75 Å². The van der Waals surface area contributed by atoms with Gasteiger partial charge in [-0.2, -0.15) is 4.91 Å². The van der Waals surface area contributed by atoms with E-state index in [1.54, 1.807) is 0 Å². The van der Waals surface area contributed by atoms with Crippen LogP contribution in [0.25, 0.3) is 41.8 Å². The number of nitroso groups, excluding NO2 is 1. The normalized spacial score (nSPS) is 14.9. The Morgan fingerprint density at radius 3 is 2.45 bits per heavy atom. The largest absolute Gasteiger partial charge is 0.491 e. The molecule has 1 aliphatic rings. The van der Waals surface area contributed by atoms with Gasteiger partial charge in [0.2, 0.25) is 5.76 Å². The maximum atomic E-state index is 12.8. The van der Waals surface area contributed by atoms with E-state index >= 15 is 0 Å². The minimum Gasteiger partial charge on any atom is -0.491 e. The minimum absolute atomic E-state index is 0.00461. The van der Waals surface area contributed by atoms with E-state index in [1.165, 1.54) is 24.5 Å². The lowest BCUT2D eigenvalue weighted by atomic mass is 9.97. The van der Waals surface area contributed by atoms with Crippen LogP contribution in [0.1, 0.15) is 12.0 Å². The van der Waals surface area contributed by atoms with Crippen molar-refractivity contribution in [1.29, 1.82) is 0 Å². The van der Waals surface area contributed by atoms with E-state index in [-0.39, 0.29) is 68.6 Å². The molecule has 1 aromatic rings. The number of aliphatic imine (C=N–C) groups is 1. The highest BCUT2D eigenvalue weighted by atomic mass is 16.5. The molecule has 0 aromatic heterocycles. The summed E-state index contributed by atoms with van der Waals surface area (Å²) in [6.45, 7) is -0.655. The highest BCUT2D eigenvalue weighted by molar-refractivity contribution is 6.04. The number of rotatable bonds is 17. The van der Waals surface area contributed by atoms with Crippen molar-refractivity contribution >= 4 is 23.5 Å². The SMILES string of the molecule is [N-]=[N+]=NCCOc1cc(N)c(C=NCCC(CN=[N+]=[N-])(CN=[N+]=[N-])N=O)cc1NC(=O)C1=CNC(CN=[N+]=[N-])O1. The fraction of sp³-hybridized carbons (Fsp3) is 0.474. The number of hydrogen-bond acceptors (Lipinski definition) is 12. The van der Waals surface area contributed by atoms with Crippen LogP contribution in [-0.2, 0) is 9.53 Å². The Balaban J connectivity index is 2.23. The molecule has 0 radical (unpaired) electrons. The van der Waals surface area contributed by atoms with Gasteiger partial charge in [-0.3, -0.25) is 9.79 Å². The summed E-state index contributed by atoms with van der Waals surface area (Å²) in [6.07, 6.45) is 1.99. The summed E-state index contributed by atoms with van der Waals surface area (Å²) in [5.41, 5.74) is 39.5. The number of ether oxygens (including phenoxy) is 2. The maximum absolute atomic E-state index is 12.8. The van der Waals surface area contributed by atoms with Gasteiger partial charge < -0.3 is 25.8 Å². The van der Waals surface area contributed by atoms with Gasteiger partial charge in [0.25, 0.3) is 5.91 Å². The van der Waals surface area contributed by atoms with Crippen LogP contribution >= 0.6 is 0 Å². The van der Waals surface area contributed by atoms with Crippen LogP contribution in [0.4, 0.5) is 11.4 Å². The lowest BCUT2D eigenvalue weighted by Crippen LogP contribution is -2.34. The van der Waals surface area contributed by atoms with Gasteiger partial charge in [0.05, 0.1) is 38.5 Å². The Morgan fingerprint density at radius 1 is 1.10 bits per heavy atom. The Morgan fingerprint density at radius 2 is 1.80 bits per heavy atom. The van der Waals surface area contributed by atoms with Crippen LogP contribution < -0.4 is 21.1 Å². The molecule has 40 heavy (non-hydrogen) atoms. The number of carbonyl (C=O) groups excluding carboxylic acids is 1. The fourth-order valence-corrected chi connectivity index (χ4v) is 3.15. The summed E-state index contributed by atoms with van der Waals surface area (Å²) in [6, 6.07) is 2.91. The monoisotopic (exact) mass is 553 g/mol. The topological polar surface area (TPSA) is 322 Å². The molecule has 0 saturated heterocycles. The quantitative estimate of drug-likeness (QED) is 0.0487. The number of amides is 1. The molecule has 0 fully saturated rings. The highest BCUT2D eigenvalue weighted by Gasteiger charge is 2.30.